The lowest BCUT2D eigenvalue weighted by Crippen LogP contribution is -2.02. The molecule has 0 spiro atoms. The minimum absolute atomic E-state index is 0.276. The Hall–Kier alpha value is -1.81. The summed E-state index contributed by atoms with van der Waals surface area (Å²) in [6.07, 6.45) is 0. The number of carbonyl (C=O) groups is 1. The Kier molecular flexibility index (Phi) is 4.22. The van der Waals surface area contributed by atoms with E-state index in [2.05, 4.69) is 0 Å². The van der Waals surface area contributed by atoms with Gasteiger partial charge in [0.2, 0.25) is 0 Å². The summed E-state index contributed by atoms with van der Waals surface area (Å²) in [5.41, 5.74) is 1.30. The molecule has 0 aliphatic heterocycles. The normalized spacial score (nSPS) is 10.4. The van der Waals surface area contributed by atoms with Crippen LogP contribution in [0.15, 0.2) is 47.4 Å². The largest absolute Gasteiger partial charge is 0.478 e. The van der Waals surface area contributed by atoms with Gasteiger partial charge in [-0.1, -0.05) is 29.8 Å². The molecule has 0 saturated heterocycles. The van der Waals surface area contributed by atoms with Crippen LogP contribution in [-0.4, -0.2) is 11.1 Å². The summed E-state index contributed by atoms with van der Waals surface area (Å²) in [5, 5.41) is 8.86. The lowest BCUT2D eigenvalue weighted by Gasteiger charge is -2.06. The van der Waals surface area contributed by atoms with Crippen LogP contribution in [0.5, 0.6) is 0 Å². The van der Waals surface area contributed by atoms with Crippen molar-refractivity contribution in [2.24, 2.45) is 0 Å². The fourth-order valence-corrected chi connectivity index (χ4v) is 2.53. The number of thioether (sulfide) groups is 1. The van der Waals surface area contributed by atoms with Crippen molar-refractivity contribution >= 4 is 17.7 Å². The first-order valence-corrected chi connectivity index (χ1v) is 6.76. The van der Waals surface area contributed by atoms with Gasteiger partial charge in [0.1, 0.15) is 5.82 Å². The van der Waals surface area contributed by atoms with Crippen molar-refractivity contribution in [3.05, 3.63) is 65.0 Å². The Bertz CT molecular complexity index is 594. The molecule has 0 aliphatic rings. The molecule has 0 unspecified atom stereocenters. The van der Waals surface area contributed by atoms with Crippen LogP contribution in [0.1, 0.15) is 21.5 Å². The summed E-state index contributed by atoms with van der Waals surface area (Å²) < 4.78 is 13.9. The molecule has 19 heavy (non-hydrogen) atoms. The van der Waals surface area contributed by atoms with E-state index in [-0.39, 0.29) is 5.56 Å². The van der Waals surface area contributed by atoms with Crippen LogP contribution in [0, 0.1) is 12.7 Å². The molecule has 0 saturated carbocycles. The smallest absolute Gasteiger partial charge is 0.338 e. The molecule has 2 rings (SSSR count). The quantitative estimate of drug-likeness (QED) is 0.853. The predicted molar refractivity (Wildman–Crippen MR) is 74.1 cm³/mol. The van der Waals surface area contributed by atoms with Crippen molar-refractivity contribution in [2.75, 3.05) is 0 Å². The minimum Gasteiger partial charge on any atom is -0.478 e. The van der Waals surface area contributed by atoms with Gasteiger partial charge in [0.25, 0.3) is 0 Å². The van der Waals surface area contributed by atoms with Crippen LogP contribution in [0.2, 0.25) is 0 Å². The summed E-state index contributed by atoms with van der Waals surface area (Å²) in [4.78, 5) is 11.9. The summed E-state index contributed by atoms with van der Waals surface area (Å²) in [5.74, 6) is -1.47. The first-order chi connectivity index (χ1) is 9.08. The van der Waals surface area contributed by atoms with Gasteiger partial charge in [-0.15, -0.1) is 11.8 Å². The van der Waals surface area contributed by atoms with Crippen LogP contribution in [0.25, 0.3) is 0 Å². The number of rotatable bonds is 4. The van der Waals surface area contributed by atoms with E-state index in [0.717, 1.165) is 4.90 Å². The van der Waals surface area contributed by atoms with Crippen LogP contribution in [-0.2, 0) is 5.75 Å². The lowest BCUT2D eigenvalue weighted by molar-refractivity contribution is 0.0691. The van der Waals surface area contributed by atoms with Gasteiger partial charge in [0.05, 0.1) is 5.56 Å². The van der Waals surface area contributed by atoms with E-state index >= 15 is 0 Å². The van der Waals surface area contributed by atoms with Gasteiger partial charge in [-0.2, -0.15) is 0 Å². The molecular weight excluding hydrogens is 263 g/mol. The maximum atomic E-state index is 13.9. The molecule has 4 heteroatoms. The van der Waals surface area contributed by atoms with Crippen molar-refractivity contribution < 1.29 is 14.3 Å². The maximum Gasteiger partial charge on any atom is 0.338 e. The summed E-state index contributed by atoms with van der Waals surface area (Å²) in [7, 11) is 0. The number of hydrogen-bond donors (Lipinski definition) is 1. The Morgan fingerprint density at radius 3 is 2.53 bits per heavy atom. The van der Waals surface area contributed by atoms with Crippen molar-refractivity contribution in [1.29, 1.82) is 0 Å². The molecule has 0 aromatic heterocycles. The third-order valence-electron chi connectivity index (χ3n) is 2.72. The summed E-state index contributed by atoms with van der Waals surface area (Å²) >= 11 is 1.48. The Morgan fingerprint density at radius 1 is 1.21 bits per heavy atom. The van der Waals surface area contributed by atoms with E-state index in [9.17, 15) is 9.18 Å². The zero-order chi connectivity index (χ0) is 13.8. The number of aromatic carboxylic acids is 1. The van der Waals surface area contributed by atoms with E-state index < -0.39 is 11.8 Å². The minimum atomic E-state index is -1.24. The van der Waals surface area contributed by atoms with E-state index in [1.165, 1.54) is 23.4 Å². The molecule has 0 fully saturated rings. The first-order valence-electron chi connectivity index (χ1n) is 5.78. The van der Waals surface area contributed by atoms with Crippen LogP contribution >= 0.6 is 11.8 Å². The van der Waals surface area contributed by atoms with Crippen molar-refractivity contribution in [3.63, 3.8) is 0 Å². The second kappa shape index (κ2) is 5.89. The number of carboxylic acid groups (broad SMARTS) is 1. The molecule has 0 atom stereocenters. The number of hydrogen-bond acceptors (Lipinski definition) is 2. The Balaban J connectivity index is 2.13. The molecular formula is C15H13FO2S. The highest BCUT2D eigenvalue weighted by atomic mass is 32.2. The molecule has 98 valence electrons. The second-order valence-corrected chi connectivity index (χ2v) is 5.23. The Labute approximate surface area is 115 Å². The maximum absolute atomic E-state index is 13.9. The second-order valence-electron chi connectivity index (χ2n) is 4.19. The molecule has 1 N–H and O–H groups in total. The standard InChI is InChI=1S/C15H13FO2S/c1-10-5-7-12(8-6-10)19-9-11-3-2-4-13(14(11)16)15(17)18/h2-8H,9H2,1H3,(H,17,18). The van der Waals surface area contributed by atoms with E-state index in [1.54, 1.807) is 12.1 Å². The van der Waals surface area contributed by atoms with Gasteiger partial charge in [-0.3, -0.25) is 0 Å². The van der Waals surface area contributed by atoms with Crippen LogP contribution < -0.4 is 0 Å². The van der Waals surface area contributed by atoms with Gasteiger partial charge >= 0.3 is 5.97 Å². The lowest BCUT2D eigenvalue weighted by atomic mass is 10.1. The summed E-state index contributed by atoms with van der Waals surface area (Å²) in [6.45, 7) is 2.00. The van der Waals surface area contributed by atoms with E-state index in [1.807, 2.05) is 31.2 Å². The molecule has 2 aromatic rings. The molecule has 2 aromatic carbocycles. The Morgan fingerprint density at radius 2 is 1.89 bits per heavy atom. The van der Waals surface area contributed by atoms with E-state index in [0.29, 0.717) is 11.3 Å². The topological polar surface area (TPSA) is 37.3 Å². The number of aryl methyl sites for hydroxylation is 1. The third kappa shape index (κ3) is 3.35. The molecule has 2 nitrogen and oxygen atoms in total. The molecule has 0 heterocycles. The van der Waals surface area contributed by atoms with Crippen molar-refractivity contribution in [3.8, 4) is 0 Å². The fraction of sp³-hybridized carbons (Fsp3) is 0.133. The number of benzene rings is 2. The average molecular weight is 276 g/mol. The van der Waals surface area contributed by atoms with Gasteiger partial charge in [-0.25, -0.2) is 9.18 Å². The molecule has 0 bridgehead atoms. The number of halogens is 1. The van der Waals surface area contributed by atoms with E-state index in [4.69, 9.17) is 5.11 Å². The first kappa shape index (κ1) is 13.6. The monoisotopic (exact) mass is 276 g/mol. The zero-order valence-electron chi connectivity index (χ0n) is 10.4. The highest BCUT2D eigenvalue weighted by Gasteiger charge is 2.13. The fourth-order valence-electron chi connectivity index (χ4n) is 1.65. The SMILES string of the molecule is Cc1ccc(SCc2cccc(C(=O)O)c2F)cc1. The predicted octanol–water partition coefficient (Wildman–Crippen LogP) is 4.12. The van der Waals surface area contributed by atoms with Crippen LogP contribution in [0.3, 0.4) is 0 Å². The molecule has 0 amide bonds. The van der Waals surface area contributed by atoms with Crippen LogP contribution in [0.4, 0.5) is 4.39 Å². The summed E-state index contributed by atoms with van der Waals surface area (Å²) in [6, 6.07) is 12.4. The van der Waals surface area contributed by atoms with Gasteiger partial charge in [0.15, 0.2) is 0 Å². The van der Waals surface area contributed by atoms with Gasteiger partial charge in [0, 0.05) is 10.6 Å². The highest BCUT2D eigenvalue weighted by molar-refractivity contribution is 7.98. The van der Waals surface area contributed by atoms with Crippen molar-refractivity contribution in [2.45, 2.75) is 17.6 Å². The highest BCUT2D eigenvalue weighted by Crippen LogP contribution is 2.25. The average Bonchev–Trinajstić information content (AvgIpc) is 2.39. The molecule has 0 radical (unpaired) electrons. The third-order valence-corrected chi connectivity index (χ3v) is 3.79. The van der Waals surface area contributed by atoms with Gasteiger partial charge < -0.3 is 5.11 Å². The molecule has 0 aliphatic carbocycles. The zero-order valence-corrected chi connectivity index (χ0v) is 11.2. The van der Waals surface area contributed by atoms with Gasteiger partial charge in [-0.05, 0) is 30.7 Å². The van der Waals surface area contributed by atoms with Crippen molar-refractivity contribution in [1.82, 2.24) is 0 Å². The number of carboxylic acids is 1.